The zero-order valence-corrected chi connectivity index (χ0v) is 12.2. The number of hydrogen-bond donors (Lipinski definition) is 1. The molecule has 0 atom stereocenters. The Morgan fingerprint density at radius 2 is 1.90 bits per heavy atom. The molecule has 0 aliphatic carbocycles. The van der Waals surface area contributed by atoms with Gasteiger partial charge in [0, 0.05) is 0 Å². The predicted molar refractivity (Wildman–Crippen MR) is 82.4 cm³/mol. The number of carbonyl (C=O) groups excluding carboxylic acids is 1. The summed E-state index contributed by atoms with van der Waals surface area (Å²) >= 11 is 0. The zero-order valence-electron chi connectivity index (χ0n) is 12.2. The van der Waals surface area contributed by atoms with Crippen molar-refractivity contribution in [2.75, 3.05) is 26.4 Å². The maximum Gasteiger partial charge on any atom is 0.338 e. The molecule has 0 saturated heterocycles. The van der Waals surface area contributed by atoms with E-state index in [1.807, 2.05) is 12.1 Å². The van der Waals surface area contributed by atoms with Gasteiger partial charge in [-0.3, -0.25) is 0 Å². The van der Waals surface area contributed by atoms with E-state index in [-0.39, 0.29) is 32.4 Å². The molecular weight excluding hydrogens is 268 g/mol. The first kappa shape index (κ1) is 17.1. The van der Waals surface area contributed by atoms with Gasteiger partial charge in [0.15, 0.2) is 0 Å². The second kappa shape index (κ2) is 9.91. The van der Waals surface area contributed by atoms with E-state index in [9.17, 15) is 4.79 Å². The first-order valence-corrected chi connectivity index (χ1v) is 6.92. The van der Waals surface area contributed by atoms with Crippen molar-refractivity contribution >= 4 is 5.97 Å². The third-order valence-corrected chi connectivity index (χ3v) is 2.90. The van der Waals surface area contributed by atoms with E-state index >= 15 is 0 Å². The summed E-state index contributed by atoms with van der Waals surface area (Å²) in [6, 6.07) is 5.56. The Hall–Kier alpha value is -1.91. The van der Waals surface area contributed by atoms with Crippen LogP contribution in [-0.2, 0) is 22.3 Å². The van der Waals surface area contributed by atoms with Crippen molar-refractivity contribution in [3.63, 3.8) is 0 Å². The van der Waals surface area contributed by atoms with Gasteiger partial charge in [0.2, 0.25) is 0 Å². The summed E-state index contributed by atoms with van der Waals surface area (Å²) in [5.74, 6) is -0.370. The molecule has 0 bridgehead atoms. The monoisotopic (exact) mass is 290 g/mol. The number of allylic oxidation sites excluding steroid dienone is 2. The molecule has 0 saturated carbocycles. The maximum absolute atomic E-state index is 12.1. The van der Waals surface area contributed by atoms with Gasteiger partial charge in [0.05, 0.1) is 25.4 Å². The van der Waals surface area contributed by atoms with E-state index in [1.165, 1.54) is 0 Å². The Bertz CT molecular complexity index is 480. The Labute approximate surface area is 125 Å². The Morgan fingerprint density at radius 3 is 2.57 bits per heavy atom. The van der Waals surface area contributed by atoms with Crippen LogP contribution in [-0.4, -0.2) is 37.5 Å². The summed E-state index contributed by atoms with van der Waals surface area (Å²) in [6.07, 6.45) is 4.88. The van der Waals surface area contributed by atoms with Gasteiger partial charge in [-0.2, -0.15) is 0 Å². The van der Waals surface area contributed by atoms with Crippen LogP contribution in [0, 0.1) is 0 Å². The van der Waals surface area contributed by atoms with E-state index < -0.39 is 0 Å². The number of carbonyl (C=O) groups is 1. The fraction of sp³-hybridized carbons (Fsp3) is 0.353. The lowest BCUT2D eigenvalue weighted by Gasteiger charge is -2.12. The normalized spacial score (nSPS) is 10.1. The number of hydrogen-bond acceptors (Lipinski definition) is 4. The second-order valence-electron chi connectivity index (χ2n) is 4.40. The Kier molecular flexibility index (Phi) is 8.09. The second-order valence-corrected chi connectivity index (χ2v) is 4.40. The highest BCUT2D eigenvalue weighted by molar-refractivity contribution is 5.91. The number of rotatable bonds is 10. The third kappa shape index (κ3) is 5.53. The lowest BCUT2D eigenvalue weighted by Crippen LogP contribution is -2.14. The molecular formula is C17H22O4. The first-order valence-electron chi connectivity index (χ1n) is 6.92. The van der Waals surface area contributed by atoms with Gasteiger partial charge >= 0.3 is 5.97 Å². The summed E-state index contributed by atoms with van der Waals surface area (Å²) in [7, 11) is 0. The summed E-state index contributed by atoms with van der Waals surface area (Å²) in [6.45, 7) is 8.10. The van der Waals surface area contributed by atoms with Crippen LogP contribution >= 0.6 is 0 Å². The van der Waals surface area contributed by atoms with E-state index in [4.69, 9.17) is 14.6 Å². The average Bonchev–Trinajstić information content (AvgIpc) is 2.49. The largest absolute Gasteiger partial charge is 0.460 e. The average molecular weight is 290 g/mol. The molecule has 21 heavy (non-hydrogen) atoms. The van der Waals surface area contributed by atoms with Crippen molar-refractivity contribution in [3.05, 3.63) is 60.2 Å². The third-order valence-electron chi connectivity index (χ3n) is 2.90. The number of aliphatic hydroxyl groups is 1. The van der Waals surface area contributed by atoms with Crippen LogP contribution in [0.2, 0.25) is 0 Å². The number of ether oxygens (including phenoxy) is 2. The maximum atomic E-state index is 12.1. The standard InChI is InChI=1S/C17H22O4/c1-3-6-14-8-5-9-16(15(14)7-4-2)17(19)21-13-12-20-11-10-18/h3-5,8-9,18H,1-2,6-7,10-13H2. The summed E-state index contributed by atoms with van der Waals surface area (Å²) in [4.78, 5) is 12.1. The fourth-order valence-electron chi connectivity index (χ4n) is 2.00. The van der Waals surface area contributed by atoms with Gasteiger partial charge in [0.1, 0.15) is 6.61 Å². The van der Waals surface area contributed by atoms with Crippen molar-refractivity contribution in [3.8, 4) is 0 Å². The molecule has 1 N–H and O–H groups in total. The Balaban J connectivity index is 2.75. The van der Waals surface area contributed by atoms with Crippen molar-refractivity contribution < 1.29 is 19.4 Å². The molecule has 4 nitrogen and oxygen atoms in total. The number of esters is 1. The minimum atomic E-state index is -0.370. The molecule has 0 amide bonds. The van der Waals surface area contributed by atoms with E-state index in [0.29, 0.717) is 18.4 Å². The number of aliphatic hydroxyl groups excluding tert-OH is 1. The molecule has 0 aromatic heterocycles. The van der Waals surface area contributed by atoms with E-state index in [2.05, 4.69) is 13.2 Å². The molecule has 1 rings (SSSR count). The van der Waals surface area contributed by atoms with Crippen molar-refractivity contribution in [2.45, 2.75) is 12.8 Å². The number of benzene rings is 1. The smallest absolute Gasteiger partial charge is 0.338 e. The molecule has 0 aliphatic rings. The van der Waals surface area contributed by atoms with Crippen LogP contribution in [0.25, 0.3) is 0 Å². The summed E-state index contributed by atoms with van der Waals surface area (Å²) in [5, 5.41) is 8.58. The summed E-state index contributed by atoms with van der Waals surface area (Å²) < 4.78 is 10.2. The van der Waals surface area contributed by atoms with Gasteiger partial charge in [-0.25, -0.2) is 4.79 Å². The van der Waals surface area contributed by atoms with Crippen LogP contribution in [0.5, 0.6) is 0 Å². The molecule has 0 heterocycles. The van der Waals surface area contributed by atoms with Crippen LogP contribution in [0.1, 0.15) is 21.5 Å². The van der Waals surface area contributed by atoms with Crippen molar-refractivity contribution in [2.24, 2.45) is 0 Å². The molecule has 4 heteroatoms. The molecule has 0 radical (unpaired) electrons. The van der Waals surface area contributed by atoms with Gasteiger partial charge in [-0.05, 0) is 30.0 Å². The highest BCUT2D eigenvalue weighted by Crippen LogP contribution is 2.18. The molecule has 114 valence electrons. The molecule has 1 aromatic rings. The van der Waals surface area contributed by atoms with Crippen LogP contribution in [0.3, 0.4) is 0 Å². The SMILES string of the molecule is C=CCc1cccc(C(=O)OCCOCCO)c1CC=C. The zero-order chi connectivity index (χ0) is 15.5. The lowest BCUT2D eigenvalue weighted by molar-refractivity contribution is 0.0257. The molecule has 0 spiro atoms. The quantitative estimate of drug-likeness (QED) is 0.408. The molecule has 0 aliphatic heterocycles. The van der Waals surface area contributed by atoms with Crippen LogP contribution in [0.15, 0.2) is 43.5 Å². The van der Waals surface area contributed by atoms with Crippen LogP contribution in [0.4, 0.5) is 0 Å². The van der Waals surface area contributed by atoms with E-state index in [0.717, 1.165) is 11.1 Å². The van der Waals surface area contributed by atoms with Gasteiger partial charge in [-0.1, -0.05) is 24.3 Å². The van der Waals surface area contributed by atoms with Gasteiger partial charge in [0.25, 0.3) is 0 Å². The fourth-order valence-corrected chi connectivity index (χ4v) is 2.00. The van der Waals surface area contributed by atoms with Crippen molar-refractivity contribution in [1.82, 2.24) is 0 Å². The molecule has 0 fully saturated rings. The van der Waals surface area contributed by atoms with E-state index in [1.54, 1.807) is 18.2 Å². The van der Waals surface area contributed by atoms with Crippen molar-refractivity contribution in [1.29, 1.82) is 0 Å². The minimum absolute atomic E-state index is 0.0406. The molecule has 1 aromatic carbocycles. The molecule has 0 unspecified atom stereocenters. The minimum Gasteiger partial charge on any atom is -0.460 e. The summed E-state index contributed by atoms with van der Waals surface area (Å²) in [5.41, 5.74) is 2.53. The Morgan fingerprint density at radius 1 is 1.14 bits per heavy atom. The van der Waals surface area contributed by atoms with Crippen LogP contribution < -0.4 is 0 Å². The highest BCUT2D eigenvalue weighted by atomic mass is 16.6. The van der Waals surface area contributed by atoms with Gasteiger partial charge < -0.3 is 14.6 Å². The van der Waals surface area contributed by atoms with Gasteiger partial charge in [-0.15, -0.1) is 13.2 Å². The first-order chi connectivity index (χ1) is 10.2. The topological polar surface area (TPSA) is 55.8 Å². The lowest BCUT2D eigenvalue weighted by atomic mass is 9.96. The predicted octanol–water partition coefficient (Wildman–Crippen LogP) is 2.31. The highest BCUT2D eigenvalue weighted by Gasteiger charge is 2.14.